The molecular formula is C11H10Cl2O. The van der Waals surface area contributed by atoms with Crippen molar-refractivity contribution in [1.29, 1.82) is 0 Å². The second kappa shape index (κ2) is 3.25. The third-order valence-electron chi connectivity index (χ3n) is 2.55. The second-order valence-electron chi connectivity index (χ2n) is 3.70. The first kappa shape index (κ1) is 10.0. The van der Waals surface area contributed by atoms with E-state index in [9.17, 15) is 4.79 Å². The summed E-state index contributed by atoms with van der Waals surface area (Å²) in [5, 5.41) is 0. The largest absolute Gasteiger partial charge is 0.295 e. The molecule has 0 spiro atoms. The van der Waals surface area contributed by atoms with Gasteiger partial charge >= 0.3 is 0 Å². The van der Waals surface area contributed by atoms with E-state index in [0.717, 1.165) is 17.5 Å². The Morgan fingerprint density at radius 1 is 1.36 bits per heavy atom. The minimum atomic E-state index is -0.586. The first-order chi connectivity index (χ1) is 6.50. The van der Waals surface area contributed by atoms with E-state index in [4.69, 9.17) is 23.2 Å². The zero-order valence-electron chi connectivity index (χ0n) is 7.76. The number of hydrogen-bond donors (Lipinski definition) is 0. The van der Waals surface area contributed by atoms with E-state index in [1.807, 2.05) is 24.3 Å². The third-order valence-corrected chi connectivity index (χ3v) is 3.38. The van der Waals surface area contributed by atoms with Crippen LogP contribution in [0.3, 0.4) is 0 Å². The fourth-order valence-corrected chi connectivity index (χ4v) is 2.09. The molecule has 1 aliphatic carbocycles. The highest BCUT2D eigenvalue weighted by molar-refractivity contribution is 6.51. The molecule has 0 heterocycles. The Morgan fingerprint density at radius 2 is 1.86 bits per heavy atom. The van der Waals surface area contributed by atoms with Crippen LogP contribution < -0.4 is 0 Å². The molecule has 74 valence electrons. The maximum Gasteiger partial charge on any atom is 0.159 e. The van der Waals surface area contributed by atoms with Gasteiger partial charge in [0, 0.05) is 11.5 Å². The van der Waals surface area contributed by atoms with Crippen molar-refractivity contribution in [3.63, 3.8) is 0 Å². The lowest BCUT2D eigenvalue weighted by Crippen LogP contribution is -1.93. The average Bonchev–Trinajstić information content (AvgIpc) is 2.75. The van der Waals surface area contributed by atoms with E-state index in [1.165, 1.54) is 0 Å². The summed E-state index contributed by atoms with van der Waals surface area (Å²) in [5.41, 5.74) is 1.84. The quantitative estimate of drug-likeness (QED) is 0.559. The summed E-state index contributed by atoms with van der Waals surface area (Å²) < 4.78 is -0.586. The zero-order chi connectivity index (χ0) is 10.3. The Bertz CT molecular complexity index is 367. The Labute approximate surface area is 93.0 Å². The Kier molecular flexibility index (Phi) is 2.32. The molecule has 3 heteroatoms. The summed E-state index contributed by atoms with van der Waals surface area (Å²) in [6, 6.07) is 7.49. The van der Waals surface area contributed by atoms with Crippen molar-refractivity contribution >= 4 is 29.0 Å². The van der Waals surface area contributed by atoms with Crippen molar-refractivity contribution in [3.05, 3.63) is 35.4 Å². The van der Waals surface area contributed by atoms with Gasteiger partial charge in [0.15, 0.2) is 5.78 Å². The number of halogens is 2. The lowest BCUT2D eigenvalue weighted by atomic mass is 10.1. The smallest absolute Gasteiger partial charge is 0.159 e. The maximum absolute atomic E-state index is 11.0. The molecule has 0 N–H and O–H groups in total. The van der Waals surface area contributed by atoms with Gasteiger partial charge in [-0.3, -0.25) is 4.79 Å². The standard InChI is InChI=1S/C11H10Cl2O/c1-7(14)8-2-4-9(5-3-8)10-6-11(10,12)13/h2-5,10H,6H2,1H3/t10-/m1/s1. The predicted octanol–water partition coefficient (Wildman–Crippen LogP) is 3.55. The summed E-state index contributed by atoms with van der Waals surface area (Å²) in [6.45, 7) is 1.56. The van der Waals surface area contributed by atoms with E-state index >= 15 is 0 Å². The van der Waals surface area contributed by atoms with E-state index in [-0.39, 0.29) is 11.7 Å². The highest BCUT2D eigenvalue weighted by Gasteiger charge is 2.52. The number of carbonyl (C=O) groups excluding carboxylic acids is 1. The van der Waals surface area contributed by atoms with Crippen LogP contribution in [-0.2, 0) is 0 Å². The average molecular weight is 229 g/mol. The van der Waals surface area contributed by atoms with Crippen LogP contribution >= 0.6 is 23.2 Å². The van der Waals surface area contributed by atoms with Gasteiger partial charge in [-0.25, -0.2) is 0 Å². The Balaban J connectivity index is 2.20. The number of carbonyl (C=O) groups is 1. The van der Waals surface area contributed by atoms with E-state index in [0.29, 0.717) is 0 Å². The molecule has 0 saturated heterocycles. The van der Waals surface area contributed by atoms with Gasteiger partial charge in [-0.15, -0.1) is 23.2 Å². The fraction of sp³-hybridized carbons (Fsp3) is 0.364. The van der Waals surface area contributed by atoms with Gasteiger partial charge in [0.1, 0.15) is 4.33 Å². The molecule has 0 bridgehead atoms. The van der Waals surface area contributed by atoms with E-state index < -0.39 is 4.33 Å². The molecule has 0 unspecified atom stereocenters. The first-order valence-electron chi connectivity index (χ1n) is 4.49. The van der Waals surface area contributed by atoms with E-state index in [2.05, 4.69) is 0 Å². The molecule has 0 aromatic heterocycles. The number of alkyl halides is 2. The molecule has 0 radical (unpaired) electrons. The van der Waals surface area contributed by atoms with Crippen molar-refractivity contribution in [2.45, 2.75) is 23.6 Å². The molecule has 1 fully saturated rings. The van der Waals surface area contributed by atoms with Gasteiger partial charge in [0.2, 0.25) is 0 Å². The Hall–Kier alpha value is -0.530. The minimum absolute atomic E-state index is 0.0790. The van der Waals surface area contributed by atoms with Crippen LogP contribution in [0.2, 0.25) is 0 Å². The van der Waals surface area contributed by atoms with Crippen molar-refractivity contribution in [2.24, 2.45) is 0 Å². The van der Waals surface area contributed by atoms with Gasteiger partial charge in [0.05, 0.1) is 0 Å². The van der Waals surface area contributed by atoms with Gasteiger partial charge < -0.3 is 0 Å². The highest BCUT2D eigenvalue weighted by atomic mass is 35.5. The molecule has 2 rings (SSSR count). The van der Waals surface area contributed by atoms with Crippen LogP contribution in [0.1, 0.15) is 35.2 Å². The van der Waals surface area contributed by atoms with Crippen molar-refractivity contribution in [2.75, 3.05) is 0 Å². The summed E-state index contributed by atoms with van der Waals surface area (Å²) in [6.07, 6.45) is 0.801. The molecule has 14 heavy (non-hydrogen) atoms. The summed E-state index contributed by atoms with van der Waals surface area (Å²) in [4.78, 5) is 11.0. The molecule has 1 aromatic carbocycles. The number of ketones is 1. The van der Waals surface area contributed by atoms with Crippen LogP contribution in [0.4, 0.5) is 0 Å². The van der Waals surface area contributed by atoms with Gasteiger partial charge in [-0.2, -0.15) is 0 Å². The zero-order valence-corrected chi connectivity index (χ0v) is 9.27. The van der Waals surface area contributed by atoms with Crippen molar-refractivity contribution < 1.29 is 4.79 Å². The van der Waals surface area contributed by atoms with Crippen molar-refractivity contribution in [3.8, 4) is 0 Å². The first-order valence-corrected chi connectivity index (χ1v) is 5.25. The molecular weight excluding hydrogens is 219 g/mol. The van der Waals surface area contributed by atoms with Gasteiger partial charge in [-0.1, -0.05) is 24.3 Å². The number of rotatable bonds is 2. The third kappa shape index (κ3) is 1.79. The van der Waals surface area contributed by atoms with Crippen LogP contribution in [0.5, 0.6) is 0 Å². The van der Waals surface area contributed by atoms with Crippen LogP contribution in [0.25, 0.3) is 0 Å². The normalized spacial score (nSPS) is 23.2. The van der Waals surface area contributed by atoms with Crippen LogP contribution in [0, 0.1) is 0 Å². The summed E-state index contributed by atoms with van der Waals surface area (Å²) in [7, 11) is 0. The topological polar surface area (TPSA) is 17.1 Å². The predicted molar refractivity (Wildman–Crippen MR) is 58.2 cm³/mol. The lowest BCUT2D eigenvalue weighted by molar-refractivity contribution is 0.101. The van der Waals surface area contributed by atoms with E-state index in [1.54, 1.807) is 6.92 Å². The molecule has 0 amide bonds. The van der Waals surface area contributed by atoms with Crippen LogP contribution in [-0.4, -0.2) is 10.1 Å². The number of Topliss-reactive ketones (excluding diaryl/α,β-unsaturated/α-hetero) is 1. The molecule has 1 atom stereocenters. The SMILES string of the molecule is CC(=O)c1ccc([C@H]2CC2(Cl)Cl)cc1. The summed E-state index contributed by atoms with van der Waals surface area (Å²) in [5.74, 6) is 0.308. The van der Waals surface area contributed by atoms with Crippen LogP contribution in [0.15, 0.2) is 24.3 Å². The highest BCUT2D eigenvalue weighted by Crippen LogP contribution is 2.59. The van der Waals surface area contributed by atoms with Gasteiger partial charge in [0.25, 0.3) is 0 Å². The van der Waals surface area contributed by atoms with Gasteiger partial charge in [-0.05, 0) is 18.9 Å². The fourth-order valence-electron chi connectivity index (χ4n) is 1.53. The Morgan fingerprint density at radius 3 is 2.21 bits per heavy atom. The molecule has 1 aromatic rings. The number of benzene rings is 1. The minimum Gasteiger partial charge on any atom is -0.295 e. The summed E-state index contributed by atoms with van der Waals surface area (Å²) >= 11 is 11.9. The second-order valence-corrected chi connectivity index (χ2v) is 5.24. The lowest BCUT2D eigenvalue weighted by Gasteiger charge is -2.01. The molecule has 1 aliphatic rings. The molecule has 1 saturated carbocycles. The number of hydrogen-bond acceptors (Lipinski definition) is 1. The maximum atomic E-state index is 11.0. The monoisotopic (exact) mass is 228 g/mol. The molecule has 0 aliphatic heterocycles. The molecule has 1 nitrogen and oxygen atoms in total. The van der Waals surface area contributed by atoms with Crippen molar-refractivity contribution in [1.82, 2.24) is 0 Å².